The van der Waals surface area contributed by atoms with Gasteiger partial charge in [-0.15, -0.1) is 0 Å². The molecule has 0 saturated carbocycles. The van der Waals surface area contributed by atoms with Crippen LogP contribution in [0.2, 0.25) is 0 Å². The fourth-order valence-corrected chi connectivity index (χ4v) is 2.16. The molecule has 1 rings (SSSR count). The van der Waals surface area contributed by atoms with Crippen molar-refractivity contribution in [3.63, 3.8) is 0 Å². The summed E-state index contributed by atoms with van der Waals surface area (Å²) >= 11 is 0. The third kappa shape index (κ3) is 2.96. The zero-order chi connectivity index (χ0) is 10.4. The lowest BCUT2D eigenvalue weighted by molar-refractivity contribution is -0.123. The summed E-state index contributed by atoms with van der Waals surface area (Å²) in [5, 5.41) is 3.51. The average molecular weight is 199 g/mol. The highest BCUT2D eigenvalue weighted by Crippen LogP contribution is 2.27. The van der Waals surface area contributed by atoms with Crippen molar-refractivity contribution < 1.29 is 4.74 Å². The van der Waals surface area contributed by atoms with E-state index >= 15 is 0 Å². The Morgan fingerprint density at radius 2 is 2.14 bits per heavy atom. The quantitative estimate of drug-likeness (QED) is 0.735. The van der Waals surface area contributed by atoms with E-state index in [2.05, 4.69) is 26.1 Å². The van der Waals surface area contributed by atoms with Crippen molar-refractivity contribution in [3.8, 4) is 0 Å². The molecule has 14 heavy (non-hydrogen) atoms. The van der Waals surface area contributed by atoms with Crippen LogP contribution in [-0.2, 0) is 4.74 Å². The lowest BCUT2D eigenvalue weighted by Crippen LogP contribution is -2.53. The molecule has 2 unspecified atom stereocenters. The molecule has 1 aliphatic rings. The molecule has 0 radical (unpaired) electrons. The molecule has 1 fully saturated rings. The highest BCUT2D eigenvalue weighted by molar-refractivity contribution is 4.87. The van der Waals surface area contributed by atoms with E-state index in [9.17, 15) is 0 Å². The van der Waals surface area contributed by atoms with Crippen molar-refractivity contribution in [2.75, 3.05) is 13.1 Å². The minimum Gasteiger partial charge on any atom is -0.369 e. The normalized spacial score (nSPS) is 33.2. The van der Waals surface area contributed by atoms with Gasteiger partial charge in [0.1, 0.15) is 0 Å². The van der Waals surface area contributed by atoms with Crippen molar-refractivity contribution in [3.05, 3.63) is 0 Å². The fourth-order valence-electron chi connectivity index (χ4n) is 2.16. The van der Waals surface area contributed by atoms with Crippen molar-refractivity contribution in [1.82, 2.24) is 5.32 Å². The van der Waals surface area contributed by atoms with Gasteiger partial charge in [0.05, 0.1) is 11.7 Å². The van der Waals surface area contributed by atoms with Gasteiger partial charge in [0.25, 0.3) is 0 Å². The molecule has 2 heteroatoms. The summed E-state index contributed by atoms with van der Waals surface area (Å²) in [5.41, 5.74) is 0.134. The zero-order valence-corrected chi connectivity index (χ0v) is 9.94. The fraction of sp³-hybridized carbons (Fsp3) is 1.00. The Morgan fingerprint density at radius 3 is 2.71 bits per heavy atom. The highest BCUT2D eigenvalue weighted by Gasteiger charge is 2.34. The standard InChI is InChI=1S/C12H25NO/c1-4-7-8-12(6-3)10-13-9-11(5-2)14-12/h11,13H,4-10H2,1-3H3. The van der Waals surface area contributed by atoms with Crippen LogP contribution < -0.4 is 5.32 Å². The summed E-state index contributed by atoms with van der Waals surface area (Å²) in [5.74, 6) is 0. The van der Waals surface area contributed by atoms with Crippen LogP contribution >= 0.6 is 0 Å². The van der Waals surface area contributed by atoms with Crippen LogP contribution in [0.25, 0.3) is 0 Å². The number of nitrogens with one attached hydrogen (secondary N) is 1. The number of hydrogen-bond acceptors (Lipinski definition) is 2. The summed E-state index contributed by atoms with van der Waals surface area (Å²) in [6.07, 6.45) is 6.45. The topological polar surface area (TPSA) is 21.3 Å². The van der Waals surface area contributed by atoms with E-state index in [0.717, 1.165) is 25.9 Å². The van der Waals surface area contributed by atoms with Gasteiger partial charge in [0.2, 0.25) is 0 Å². The van der Waals surface area contributed by atoms with Crippen LogP contribution in [0.4, 0.5) is 0 Å². The molecule has 0 aliphatic carbocycles. The summed E-state index contributed by atoms with van der Waals surface area (Å²) in [4.78, 5) is 0. The van der Waals surface area contributed by atoms with E-state index in [4.69, 9.17) is 4.74 Å². The molecule has 0 aromatic heterocycles. The summed E-state index contributed by atoms with van der Waals surface area (Å²) in [6.45, 7) is 8.77. The van der Waals surface area contributed by atoms with Crippen LogP contribution in [0.1, 0.15) is 52.9 Å². The van der Waals surface area contributed by atoms with Gasteiger partial charge in [-0.1, -0.05) is 33.6 Å². The van der Waals surface area contributed by atoms with Gasteiger partial charge in [-0.3, -0.25) is 0 Å². The Labute approximate surface area is 88.4 Å². The van der Waals surface area contributed by atoms with E-state index in [-0.39, 0.29) is 5.60 Å². The summed E-state index contributed by atoms with van der Waals surface area (Å²) in [6, 6.07) is 0. The Bertz CT molecular complexity index is 160. The van der Waals surface area contributed by atoms with E-state index in [1.165, 1.54) is 19.3 Å². The first-order valence-electron chi connectivity index (χ1n) is 6.15. The molecule has 84 valence electrons. The molecule has 1 heterocycles. The van der Waals surface area contributed by atoms with E-state index in [1.54, 1.807) is 0 Å². The highest BCUT2D eigenvalue weighted by atomic mass is 16.5. The van der Waals surface area contributed by atoms with Crippen LogP contribution in [0.3, 0.4) is 0 Å². The second-order valence-electron chi connectivity index (χ2n) is 4.42. The van der Waals surface area contributed by atoms with E-state index < -0.39 is 0 Å². The van der Waals surface area contributed by atoms with Gasteiger partial charge in [-0.2, -0.15) is 0 Å². The number of unbranched alkanes of at least 4 members (excludes halogenated alkanes) is 1. The molecule has 1 saturated heterocycles. The second-order valence-corrected chi connectivity index (χ2v) is 4.42. The first-order chi connectivity index (χ1) is 6.76. The molecule has 0 aromatic carbocycles. The first-order valence-corrected chi connectivity index (χ1v) is 6.15. The molecular formula is C12H25NO. The van der Waals surface area contributed by atoms with Gasteiger partial charge in [0.15, 0.2) is 0 Å². The lowest BCUT2D eigenvalue weighted by Gasteiger charge is -2.41. The van der Waals surface area contributed by atoms with Crippen LogP contribution in [0.5, 0.6) is 0 Å². The molecule has 1 N–H and O–H groups in total. The van der Waals surface area contributed by atoms with Gasteiger partial charge in [0, 0.05) is 13.1 Å². The van der Waals surface area contributed by atoms with Crippen LogP contribution in [0, 0.1) is 0 Å². The van der Waals surface area contributed by atoms with Crippen LogP contribution in [-0.4, -0.2) is 24.8 Å². The zero-order valence-electron chi connectivity index (χ0n) is 9.94. The molecular weight excluding hydrogens is 174 g/mol. The predicted molar refractivity (Wildman–Crippen MR) is 60.6 cm³/mol. The van der Waals surface area contributed by atoms with E-state index in [1.807, 2.05) is 0 Å². The van der Waals surface area contributed by atoms with Gasteiger partial charge in [-0.05, 0) is 19.3 Å². The SMILES string of the molecule is CCCCC1(CC)CNCC(CC)O1. The summed E-state index contributed by atoms with van der Waals surface area (Å²) in [7, 11) is 0. The molecule has 1 aliphatic heterocycles. The number of ether oxygens (including phenoxy) is 1. The number of rotatable bonds is 5. The van der Waals surface area contributed by atoms with Crippen molar-refractivity contribution in [2.45, 2.75) is 64.6 Å². The van der Waals surface area contributed by atoms with Crippen molar-refractivity contribution >= 4 is 0 Å². The minimum absolute atomic E-state index is 0.134. The Morgan fingerprint density at radius 1 is 1.36 bits per heavy atom. The maximum atomic E-state index is 6.21. The van der Waals surface area contributed by atoms with Gasteiger partial charge in [-0.25, -0.2) is 0 Å². The third-order valence-corrected chi connectivity index (χ3v) is 3.32. The Hall–Kier alpha value is -0.0800. The van der Waals surface area contributed by atoms with Crippen molar-refractivity contribution in [2.24, 2.45) is 0 Å². The predicted octanol–water partition coefficient (Wildman–Crippen LogP) is 2.72. The largest absolute Gasteiger partial charge is 0.369 e. The van der Waals surface area contributed by atoms with Crippen molar-refractivity contribution in [1.29, 1.82) is 0 Å². The summed E-state index contributed by atoms with van der Waals surface area (Å²) < 4.78 is 6.21. The second kappa shape index (κ2) is 5.72. The maximum Gasteiger partial charge on any atom is 0.0808 e. The first kappa shape index (κ1) is 12.0. The van der Waals surface area contributed by atoms with Crippen LogP contribution in [0.15, 0.2) is 0 Å². The number of hydrogen-bond donors (Lipinski definition) is 1. The lowest BCUT2D eigenvalue weighted by atomic mass is 9.91. The van der Waals surface area contributed by atoms with Gasteiger partial charge < -0.3 is 10.1 Å². The molecule has 0 amide bonds. The maximum absolute atomic E-state index is 6.21. The Balaban J connectivity index is 2.49. The smallest absolute Gasteiger partial charge is 0.0808 e. The monoisotopic (exact) mass is 199 g/mol. The molecule has 0 aromatic rings. The third-order valence-electron chi connectivity index (χ3n) is 3.32. The average Bonchev–Trinajstić information content (AvgIpc) is 2.26. The minimum atomic E-state index is 0.134. The molecule has 2 nitrogen and oxygen atoms in total. The molecule has 0 bridgehead atoms. The number of morpholine rings is 1. The molecule has 0 spiro atoms. The molecule has 2 atom stereocenters. The van der Waals surface area contributed by atoms with E-state index in [0.29, 0.717) is 6.10 Å². The van der Waals surface area contributed by atoms with Gasteiger partial charge >= 0.3 is 0 Å². The Kier molecular flexibility index (Phi) is 4.90.